The maximum absolute atomic E-state index is 12.2. The van der Waals surface area contributed by atoms with E-state index in [0.29, 0.717) is 22.4 Å². The first-order valence-corrected chi connectivity index (χ1v) is 11.5. The Morgan fingerprint density at radius 1 is 0.676 bits per heavy atom. The molecule has 0 heterocycles. The number of carbonyl (C=O) groups excluding carboxylic acids is 1. The molecule has 6 nitrogen and oxygen atoms in total. The summed E-state index contributed by atoms with van der Waals surface area (Å²) in [5.74, 6) is 5.08. The second-order valence-corrected chi connectivity index (χ2v) is 8.02. The molecule has 6 heteroatoms. The van der Waals surface area contributed by atoms with Crippen molar-refractivity contribution in [2.24, 2.45) is 0 Å². The van der Waals surface area contributed by atoms with Gasteiger partial charge < -0.3 is 19.3 Å². The van der Waals surface area contributed by atoms with Crippen molar-refractivity contribution in [3.05, 3.63) is 130 Å². The molecule has 184 valence electrons. The van der Waals surface area contributed by atoms with Gasteiger partial charge in [-0.1, -0.05) is 72.5 Å². The number of hydrogen-bond donors (Lipinski definition) is 1. The second kappa shape index (κ2) is 12.1. The van der Waals surface area contributed by atoms with E-state index in [1.54, 1.807) is 30.3 Å². The molecule has 0 atom stereocenters. The van der Waals surface area contributed by atoms with Gasteiger partial charge in [-0.05, 0) is 47.5 Å². The summed E-state index contributed by atoms with van der Waals surface area (Å²) in [7, 11) is 1.31. The van der Waals surface area contributed by atoms with E-state index < -0.39 is 11.9 Å². The minimum absolute atomic E-state index is 0.0560. The average molecular weight is 493 g/mol. The number of carboxylic acids is 1. The molecule has 0 unspecified atom stereocenters. The van der Waals surface area contributed by atoms with E-state index in [4.69, 9.17) is 14.2 Å². The van der Waals surface area contributed by atoms with Gasteiger partial charge in [-0.2, -0.15) is 0 Å². The normalized spacial score (nSPS) is 10.1. The Labute approximate surface area is 215 Å². The number of esters is 1. The van der Waals surface area contributed by atoms with Crippen molar-refractivity contribution in [2.75, 3.05) is 7.11 Å². The number of ether oxygens (including phenoxy) is 3. The van der Waals surface area contributed by atoms with Crippen LogP contribution in [0.25, 0.3) is 0 Å². The Morgan fingerprint density at radius 3 is 1.59 bits per heavy atom. The molecule has 0 fully saturated rings. The van der Waals surface area contributed by atoms with Gasteiger partial charge in [0.25, 0.3) is 0 Å². The van der Waals surface area contributed by atoms with E-state index in [1.165, 1.54) is 13.2 Å². The summed E-state index contributed by atoms with van der Waals surface area (Å²) in [6.45, 7) is 0.510. The molecule has 0 aromatic heterocycles. The van der Waals surface area contributed by atoms with Crippen molar-refractivity contribution in [3.8, 4) is 23.3 Å². The fourth-order valence-corrected chi connectivity index (χ4v) is 3.51. The lowest BCUT2D eigenvalue weighted by Crippen LogP contribution is -2.06. The molecular formula is C31H24O6. The van der Waals surface area contributed by atoms with Crippen LogP contribution in [0.3, 0.4) is 0 Å². The van der Waals surface area contributed by atoms with Crippen molar-refractivity contribution in [2.45, 2.75) is 13.2 Å². The highest BCUT2D eigenvalue weighted by atomic mass is 16.5. The summed E-state index contributed by atoms with van der Waals surface area (Å²) in [4.78, 5) is 23.9. The summed E-state index contributed by atoms with van der Waals surface area (Å²) in [5.41, 5.74) is 3.42. The van der Waals surface area contributed by atoms with Crippen LogP contribution < -0.4 is 9.47 Å². The fraction of sp³-hybridized carbons (Fsp3) is 0.0968. The number of carbonyl (C=O) groups is 2. The summed E-state index contributed by atoms with van der Waals surface area (Å²) >= 11 is 0. The van der Waals surface area contributed by atoms with Crippen molar-refractivity contribution < 1.29 is 28.9 Å². The van der Waals surface area contributed by atoms with Crippen LogP contribution in [0.5, 0.6) is 11.5 Å². The number of methoxy groups -OCH3 is 1. The van der Waals surface area contributed by atoms with Gasteiger partial charge in [-0.3, -0.25) is 0 Å². The standard InChI is InChI=1S/C31H24O6/c1-35-31(34)27-17-15-23(19-29(27)37-21-25-10-6-3-7-11-25)13-12-22-14-16-26(30(32)33)28(18-22)36-20-24-8-4-2-5-9-24/h2-11,14-19H,20-21H2,1H3,(H,32,33). The first-order valence-electron chi connectivity index (χ1n) is 11.5. The minimum atomic E-state index is -1.08. The van der Waals surface area contributed by atoms with Crippen LogP contribution in [-0.4, -0.2) is 24.2 Å². The molecule has 0 radical (unpaired) electrons. The lowest BCUT2D eigenvalue weighted by molar-refractivity contribution is 0.0594. The van der Waals surface area contributed by atoms with Crippen LogP contribution >= 0.6 is 0 Å². The van der Waals surface area contributed by atoms with Crippen LogP contribution in [-0.2, 0) is 18.0 Å². The Kier molecular flexibility index (Phi) is 8.20. The van der Waals surface area contributed by atoms with E-state index in [9.17, 15) is 14.7 Å². The smallest absolute Gasteiger partial charge is 0.341 e. The SMILES string of the molecule is COC(=O)c1ccc(C#Cc2ccc(C(=O)O)c(OCc3ccccc3)c2)cc1OCc1ccccc1. The minimum Gasteiger partial charge on any atom is -0.488 e. The molecule has 0 aliphatic rings. The van der Waals surface area contributed by atoms with E-state index in [-0.39, 0.29) is 24.5 Å². The predicted molar refractivity (Wildman–Crippen MR) is 139 cm³/mol. The van der Waals surface area contributed by atoms with E-state index in [0.717, 1.165) is 11.1 Å². The Morgan fingerprint density at radius 2 is 1.14 bits per heavy atom. The number of rotatable bonds is 8. The molecule has 4 aromatic carbocycles. The summed E-state index contributed by atoms with van der Waals surface area (Å²) in [6.07, 6.45) is 0. The molecule has 1 N–H and O–H groups in total. The monoisotopic (exact) mass is 492 g/mol. The molecule has 0 saturated heterocycles. The molecule has 0 saturated carbocycles. The van der Waals surface area contributed by atoms with Gasteiger partial charge in [0.1, 0.15) is 35.8 Å². The van der Waals surface area contributed by atoms with Gasteiger partial charge in [-0.25, -0.2) is 9.59 Å². The summed E-state index contributed by atoms with van der Waals surface area (Å²) in [6, 6.07) is 28.8. The summed E-state index contributed by atoms with van der Waals surface area (Å²) < 4.78 is 16.6. The molecule has 0 bridgehead atoms. The molecule has 0 aliphatic carbocycles. The first kappa shape index (κ1) is 25.1. The third-order valence-corrected chi connectivity index (χ3v) is 5.42. The van der Waals surface area contributed by atoms with Crippen LogP contribution in [0.15, 0.2) is 97.1 Å². The van der Waals surface area contributed by atoms with Crippen LogP contribution in [0, 0.1) is 11.8 Å². The van der Waals surface area contributed by atoms with Gasteiger partial charge >= 0.3 is 11.9 Å². The molecule has 4 aromatic rings. The van der Waals surface area contributed by atoms with E-state index in [2.05, 4.69) is 11.8 Å². The van der Waals surface area contributed by atoms with Gasteiger partial charge in [0, 0.05) is 11.1 Å². The first-order chi connectivity index (χ1) is 18.0. The quantitative estimate of drug-likeness (QED) is 0.250. The highest BCUT2D eigenvalue weighted by molar-refractivity contribution is 5.93. The number of aromatic carboxylic acids is 1. The van der Waals surface area contributed by atoms with Gasteiger partial charge in [0.05, 0.1) is 7.11 Å². The maximum Gasteiger partial charge on any atom is 0.341 e. The van der Waals surface area contributed by atoms with Crippen LogP contribution in [0.2, 0.25) is 0 Å². The Bertz CT molecular complexity index is 1450. The lowest BCUT2D eigenvalue weighted by atomic mass is 10.1. The molecule has 0 amide bonds. The molecule has 0 spiro atoms. The second-order valence-electron chi connectivity index (χ2n) is 8.02. The average Bonchev–Trinajstić information content (AvgIpc) is 2.94. The predicted octanol–water partition coefficient (Wildman–Crippen LogP) is 5.73. The van der Waals surface area contributed by atoms with Gasteiger partial charge in [0.2, 0.25) is 0 Å². The molecule has 0 aliphatic heterocycles. The zero-order valence-corrected chi connectivity index (χ0v) is 20.1. The Balaban J connectivity index is 1.58. The van der Waals surface area contributed by atoms with Crippen molar-refractivity contribution in [3.63, 3.8) is 0 Å². The van der Waals surface area contributed by atoms with Gasteiger partial charge in [0.15, 0.2) is 0 Å². The largest absolute Gasteiger partial charge is 0.488 e. The van der Waals surface area contributed by atoms with Crippen molar-refractivity contribution in [1.29, 1.82) is 0 Å². The lowest BCUT2D eigenvalue weighted by Gasteiger charge is -2.11. The van der Waals surface area contributed by atoms with Crippen LogP contribution in [0.1, 0.15) is 43.0 Å². The number of hydrogen-bond acceptors (Lipinski definition) is 5. The van der Waals surface area contributed by atoms with Crippen molar-refractivity contribution >= 4 is 11.9 Å². The topological polar surface area (TPSA) is 82.1 Å². The summed E-state index contributed by atoms with van der Waals surface area (Å²) in [5, 5.41) is 9.55. The third-order valence-electron chi connectivity index (χ3n) is 5.42. The fourth-order valence-electron chi connectivity index (χ4n) is 3.51. The number of carboxylic acid groups (broad SMARTS) is 1. The van der Waals surface area contributed by atoms with E-state index in [1.807, 2.05) is 60.7 Å². The highest BCUT2D eigenvalue weighted by Gasteiger charge is 2.14. The Hall–Kier alpha value is -5.02. The molecule has 37 heavy (non-hydrogen) atoms. The number of benzene rings is 4. The molecule has 4 rings (SSSR count). The third kappa shape index (κ3) is 6.77. The van der Waals surface area contributed by atoms with Crippen molar-refractivity contribution in [1.82, 2.24) is 0 Å². The van der Waals surface area contributed by atoms with Gasteiger partial charge in [-0.15, -0.1) is 0 Å². The van der Waals surface area contributed by atoms with Crippen LogP contribution in [0.4, 0.5) is 0 Å². The maximum atomic E-state index is 12.2. The highest BCUT2D eigenvalue weighted by Crippen LogP contribution is 2.24. The zero-order valence-electron chi connectivity index (χ0n) is 20.1. The zero-order chi connectivity index (χ0) is 26.0. The molecular weight excluding hydrogens is 468 g/mol. The van der Waals surface area contributed by atoms with E-state index >= 15 is 0 Å².